The Hall–Kier alpha value is -1.42. The average Bonchev–Trinajstić information content (AvgIpc) is 2.51. The Morgan fingerprint density at radius 3 is 2.52 bits per heavy atom. The van der Waals surface area contributed by atoms with Gasteiger partial charge in [0.25, 0.3) is 0 Å². The summed E-state index contributed by atoms with van der Waals surface area (Å²) >= 11 is 12.1. The highest BCUT2D eigenvalue weighted by Crippen LogP contribution is 2.34. The molecular weight excluding hydrogens is 331 g/mol. The fourth-order valence-corrected chi connectivity index (χ4v) is 2.60. The van der Waals surface area contributed by atoms with Crippen LogP contribution >= 0.6 is 23.2 Å². The van der Waals surface area contributed by atoms with Gasteiger partial charge in [0.1, 0.15) is 5.75 Å². The first kappa shape index (κ1) is 17.9. The molecule has 1 N–H and O–H groups in total. The molecule has 0 aliphatic rings. The number of para-hydroxylation sites is 2. The number of rotatable bonds is 8. The van der Waals surface area contributed by atoms with Crippen LogP contribution in [0.4, 0.5) is 5.69 Å². The van der Waals surface area contributed by atoms with Crippen LogP contribution in [-0.4, -0.2) is 32.1 Å². The van der Waals surface area contributed by atoms with Crippen molar-refractivity contribution in [2.45, 2.75) is 12.8 Å². The maximum absolute atomic E-state index is 6.17. The molecule has 0 saturated heterocycles. The first-order valence-corrected chi connectivity index (χ1v) is 8.42. The molecule has 2 aromatic rings. The predicted molar refractivity (Wildman–Crippen MR) is 99.3 cm³/mol. The van der Waals surface area contributed by atoms with E-state index in [4.69, 9.17) is 27.9 Å². The first-order chi connectivity index (χ1) is 11.1. The molecule has 0 unspecified atom stereocenters. The van der Waals surface area contributed by atoms with E-state index < -0.39 is 0 Å². The largest absolute Gasteiger partial charge is 0.454 e. The molecule has 0 spiro atoms. The number of ether oxygens (including phenoxy) is 1. The Kier molecular flexibility index (Phi) is 7.03. The summed E-state index contributed by atoms with van der Waals surface area (Å²) in [5.41, 5.74) is 0.961. The van der Waals surface area contributed by atoms with Crippen molar-refractivity contribution in [3.63, 3.8) is 0 Å². The lowest BCUT2D eigenvalue weighted by Crippen LogP contribution is -2.14. The summed E-state index contributed by atoms with van der Waals surface area (Å²) in [6.45, 7) is 2.00. The van der Waals surface area contributed by atoms with Crippen molar-refractivity contribution in [3.05, 3.63) is 52.5 Å². The second kappa shape index (κ2) is 9.02. The molecule has 0 aliphatic heterocycles. The van der Waals surface area contributed by atoms with E-state index in [9.17, 15) is 0 Å². The summed E-state index contributed by atoms with van der Waals surface area (Å²) in [6, 6.07) is 13.1. The summed E-state index contributed by atoms with van der Waals surface area (Å²) in [5, 5.41) is 4.52. The molecule has 0 heterocycles. The van der Waals surface area contributed by atoms with Gasteiger partial charge >= 0.3 is 0 Å². The van der Waals surface area contributed by atoms with E-state index >= 15 is 0 Å². The fraction of sp³-hybridized carbons (Fsp3) is 0.333. The smallest absolute Gasteiger partial charge is 0.150 e. The Morgan fingerprint density at radius 2 is 1.78 bits per heavy atom. The lowest BCUT2D eigenvalue weighted by Gasteiger charge is -2.14. The second-order valence-electron chi connectivity index (χ2n) is 5.61. The molecule has 0 fully saturated rings. The predicted octanol–water partition coefficient (Wildman–Crippen LogP) is 5.54. The number of halogens is 2. The van der Waals surface area contributed by atoms with Gasteiger partial charge in [-0.3, -0.25) is 0 Å². The van der Waals surface area contributed by atoms with Crippen LogP contribution in [0.1, 0.15) is 12.8 Å². The third-order valence-electron chi connectivity index (χ3n) is 3.35. The SMILES string of the molecule is CN(C)CCCCNc1ccccc1Oc1ccc(Cl)cc1Cl. The van der Waals surface area contributed by atoms with Gasteiger partial charge in [0.05, 0.1) is 10.7 Å². The monoisotopic (exact) mass is 352 g/mol. The number of benzene rings is 2. The van der Waals surface area contributed by atoms with E-state index in [1.165, 1.54) is 0 Å². The van der Waals surface area contributed by atoms with Gasteiger partial charge in [-0.2, -0.15) is 0 Å². The molecule has 2 rings (SSSR count). The highest BCUT2D eigenvalue weighted by molar-refractivity contribution is 6.35. The lowest BCUT2D eigenvalue weighted by molar-refractivity contribution is 0.396. The van der Waals surface area contributed by atoms with Crippen molar-refractivity contribution >= 4 is 28.9 Å². The number of unbranched alkanes of at least 4 members (excludes halogenated alkanes) is 1. The van der Waals surface area contributed by atoms with Gasteiger partial charge in [0.15, 0.2) is 5.75 Å². The number of hydrogen-bond acceptors (Lipinski definition) is 3. The second-order valence-corrected chi connectivity index (χ2v) is 6.45. The van der Waals surface area contributed by atoms with Gasteiger partial charge < -0.3 is 15.0 Å². The first-order valence-electron chi connectivity index (χ1n) is 7.67. The zero-order valence-corrected chi connectivity index (χ0v) is 15.0. The van der Waals surface area contributed by atoms with Crippen LogP contribution in [0, 0.1) is 0 Å². The molecule has 0 radical (unpaired) electrons. The summed E-state index contributed by atoms with van der Waals surface area (Å²) in [7, 11) is 4.18. The van der Waals surface area contributed by atoms with Gasteiger partial charge in [-0.1, -0.05) is 35.3 Å². The molecule has 0 bridgehead atoms. The molecule has 23 heavy (non-hydrogen) atoms. The van der Waals surface area contributed by atoms with Crippen LogP contribution in [0.3, 0.4) is 0 Å². The summed E-state index contributed by atoms with van der Waals surface area (Å²) in [4.78, 5) is 2.19. The third-order valence-corrected chi connectivity index (χ3v) is 3.88. The molecule has 0 amide bonds. The highest BCUT2D eigenvalue weighted by atomic mass is 35.5. The van der Waals surface area contributed by atoms with Crippen molar-refractivity contribution in [1.82, 2.24) is 4.90 Å². The van der Waals surface area contributed by atoms with E-state index in [0.717, 1.165) is 37.4 Å². The highest BCUT2D eigenvalue weighted by Gasteiger charge is 2.07. The molecule has 0 atom stereocenters. The normalized spacial score (nSPS) is 10.8. The van der Waals surface area contributed by atoms with E-state index in [2.05, 4.69) is 24.3 Å². The molecule has 0 saturated carbocycles. The number of nitrogens with one attached hydrogen (secondary N) is 1. The Morgan fingerprint density at radius 1 is 1.00 bits per heavy atom. The maximum Gasteiger partial charge on any atom is 0.150 e. The van der Waals surface area contributed by atoms with Crippen molar-refractivity contribution in [2.75, 3.05) is 32.5 Å². The van der Waals surface area contributed by atoms with Gasteiger partial charge in [-0.25, -0.2) is 0 Å². The summed E-state index contributed by atoms with van der Waals surface area (Å²) in [6.07, 6.45) is 2.26. The van der Waals surface area contributed by atoms with Crippen LogP contribution in [0.2, 0.25) is 10.0 Å². The van der Waals surface area contributed by atoms with E-state index in [-0.39, 0.29) is 0 Å². The van der Waals surface area contributed by atoms with Crippen molar-refractivity contribution < 1.29 is 4.74 Å². The molecule has 5 heteroatoms. The average molecular weight is 353 g/mol. The zero-order chi connectivity index (χ0) is 16.7. The van der Waals surface area contributed by atoms with Crippen LogP contribution in [0.15, 0.2) is 42.5 Å². The van der Waals surface area contributed by atoms with Crippen molar-refractivity contribution in [1.29, 1.82) is 0 Å². The third kappa shape index (κ3) is 5.94. The Balaban J connectivity index is 1.97. The van der Waals surface area contributed by atoms with Crippen molar-refractivity contribution in [3.8, 4) is 11.5 Å². The number of hydrogen-bond donors (Lipinski definition) is 1. The van der Waals surface area contributed by atoms with Crippen LogP contribution < -0.4 is 10.1 Å². The van der Waals surface area contributed by atoms with Gasteiger partial charge in [-0.15, -0.1) is 0 Å². The Labute approximate surface area is 148 Å². The van der Waals surface area contributed by atoms with E-state index in [1.54, 1.807) is 18.2 Å². The van der Waals surface area contributed by atoms with Crippen LogP contribution in [0.5, 0.6) is 11.5 Å². The quantitative estimate of drug-likeness (QED) is 0.631. The number of nitrogens with zero attached hydrogens (tertiary/aromatic N) is 1. The molecular formula is C18H22Cl2N2O. The topological polar surface area (TPSA) is 24.5 Å². The minimum atomic E-state index is 0.498. The molecule has 0 aliphatic carbocycles. The Bertz CT molecular complexity index is 632. The summed E-state index contributed by atoms with van der Waals surface area (Å²) in [5.74, 6) is 1.35. The maximum atomic E-state index is 6.17. The minimum Gasteiger partial charge on any atom is -0.454 e. The van der Waals surface area contributed by atoms with Crippen LogP contribution in [0.25, 0.3) is 0 Å². The molecule has 124 valence electrons. The van der Waals surface area contributed by atoms with Gasteiger partial charge in [0, 0.05) is 11.6 Å². The molecule has 2 aromatic carbocycles. The zero-order valence-electron chi connectivity index (χ0n) is 13.5. The van der Waals surface area contributed by atoms with Gasteiger partial charge in [-0.05, 0) is 63.8 Å². The fourth-order valence-electron chi connectivity index (χ4n) is 2.15. The van der Waals surface area contributed by atoms with Crippen molar-refractivity contribution in [2.24, 2.45) is 0 Å². The molecule has 0 aromatic heterocycles. The standard InChI is InChI=1S/C18H22Cl2N2O/c1-22(2)12-6-5-11-21-16-7-3-4-8-18(16)23-17-10-9-14(19)13-15(17)20/h3-4,7-10,13,21H,5-6,11-12H2,1-2H3. The molecule has 3 nitrogen and oxygen atoms in total. The van der Waals surface area contributed by atoms with E-state index in [1.807, 2.05) is 24.3 Å². The summed E-state index contributed by atoms with van der Waals surface area (Å²) < 4.78 is 5.93. The van der Waals surface area contributed by atoms with Crippen LogP contribution in [-0.2, 0) is 0 Å². The lowest BCUT2D eigenvalue weighted by atomic mass is 10.2. The van der Waals surface area contributed by atoms with Gasteiger partial charge in [0.2, 0.25) is 0 Å². The van der Waals surface area contributed by atoms with E-state index in [0.29, 0.717) is 15.8 Å². The minimum absolute atomic E-state index is 0.498. The number of anilines is 1.